The van der Waals surface area contributed by atoms with Crippen LogP contribution in [0.4, 0.5) is 11.4 Å². The largest absolute Gasteiger partial charge is 0.494 e. The van der Waals surface area contributed by atoms with Gasteiger partial charge in [0.15, 0.2) is 21.5 Å². The van der Waals surface area contributed by atoms with E-state index in [0.29, 0.717) is 35.6 Å². The monoisotopic (exact) mass is 625 g/mol. The summed E-state index contributed by atoms with van der Waals surface area (Å²) in [4.78, 5) is 22.3. The van der Waals surface area contributed by atoms with Crippen LogP contribution >= 0.6 is 0 Å². The summed E-state index contributed by atoms with van der Waals surface area (Å²) in [6.07, 6.45) is -0.914. The van der Waals surface area contributed by atoms with Crippen molar-refractivity contribution in [2.45, 2.75) is 29.4 Å². The van der Waals surface area contributed by atoms with Gasteiger partial charge in [-0.15, -0.1) is 0 Å². The molecule has 4 aromatic carbocycles. The van der Waals surface area contributed by atoms with Gasteiger partial charge >= 0.3 is 0 Å². The number of aliphatic imine (C=N–C) groups is 1. The standard InChI is InChI=1S/C33H31N5O6S/c34-38-37-29-15-8-7-14-28(29)30-33(32(40)35-25-10-3-1-4-11-25,20-23-45(41,42)27-12-5-2-6-13-27)36-31(44-30)24-16-18-26(19-17-24)43-22-9-21-39/h1-8,10-19,30,39H,9,20-23H2,(H,35,40)/t30-,33-/m1/s1. The molecule has 0 aliphatic carbocycles. The lowest BCUT2D eigenvalue weighted by Gasteiger charge is -2.31. The van der Waals surface area contributed by atoms with Crippen molar-refractivity contribution in [3.05, 3.63) is 131 Å². The third kappa shape index (κ3) is 7.15. The smallest absolute Gasteiger partial charge is 0.256 e. The molecule has 45 heavy (non-hydrogen) atoms. The first-order valence-corrected chi connectivity index (χ1v) is 15.9. The van der Waals surface area contributed by atoms with Gasteiger partial charge in [0, 0.05) is 46.9 Å². The number of benzene rings is 4. The first-order valence-electron chi connectivity index (χ1n) is 14.3. The number of sulfone groups is 1. The lowest BCUT2D eigenvalue weighted by atomic mass is 9.84. The van der Waals surface area contributed by atoms with Crippen molar-refractivity contribution in [1.82, 2.24) is 0 Å². The second-order valence-electron chi connectivity index (χ2n) is 10.2. The highest BCUT2D eigenvalue weighted by atomic mass is 32.2. The van der Waals surface area contributed by atoms with Crippen LogP contribution in [0.25, 0.3) is 10.4 Å². The Morgan fingerprint density at radius 3 is 2.33 bits per heavy atom. The van der Waals surface area contributed by atoms with Gasteiger partial charge in [0.1, 0.15) is 5.75 Å². The highest BCUT2D eigenvalue weighted by Gasteiger charge is 2.54. The van der Waals surface area contributed by atoms with E-state index in [-0.39, 0.29) is 29.5 Å². The Morgan fingerprint density at radius 1 is 0.978 bits per heavy atom. The van der Waals surface area contributed by atoms with E-state index < -0.39 is 33.1 Å². The van der Waals surface area contributed by atoms with Crippen LogP contribution in [0.5, 0.6) is 5.75 Å². The molecule has 5 rings (SSSR count). The second-order valence-corrected chi connectivity index (χ2v) is 12.3. The van der Waals surface area contributed by atoms with Gasteiger partial charge in [-0.2, -0.15) is 0 Å². The predicted molar refractivity (Wildman–Crippen MR) is 170 cm³/mol. The fourth-order valence-corrected chi connectivity index (χ4v) is 6.38. The summed E-state index contributed by atoms with van der Waals surface area (Å²) >= 11 is 0. The molecule has 4 aromatic rings. The fraction of sp³-hybridized carbons (Fsp3) is 0.212. The maximum atomic E-state index is 14.4. The molecule has 2 N–H and O–H groups in total. The Morgan fingerprint density at radius 2 is 1.64 bits per heavy atom. The Hall–Kier alpha value is -5.16. The van der Waals surface area contributed by atoms with Crippen LogP contribution in [0.1, 0.15) is 30.1 Å². The average molecular weight is 626 g/mol. The van der Waals surface area contributed by atoms with Crippen LogP contribution in [0.15, 0.2) is 124 Å². The normalized spacial score (nSPS) is 17.4. The van der Waals surface area contributed by atoms with E-state index in [2.05, 4.69) is 15.3 Å². The molecule has 0 unspecified atom stereocenters. The lowest BCUT2D eigenvalue weighted by Crippen LogP contribution is -2.46. The number of anilines is 1. The zero-order valence-electron chi connectivity index (χ0n) is 24.2. The lowest BCUT2D eigenvalue weighted by molar-refractivity contribution is -0.123. The Kier molecular flexibility index (Phi) is 9.79. The molecule has 0 radical (unpaired) electrons. The molecule has 2 atom stereocenters. The molecule has 1 aliphatic rings. The van der Waals surface area contributed by atoms with Crippen molar-refractivity contribution in [1.29, 1.82) is 0 Å². The van der Waals surface area contributed by atoms with Crippen LogP contribution in [-0.2, 0) is 19.4 Å². The van der Waals surface area contributed by atoms with Crippen molar-refractivity contribution < 1.29 is 27.8 Å². The molecule has 0 bridgehead atoms. The van der Waals surface area contributed by atoms with Gasteiger partial charge in [-0.25, -0.2) is 13.4 Å². The maximum Gasteiger partial charge on any atom is 0.256 e. The summed E-state index contributed by atoms with van der Waals surface area (Å²) in [6.45, 7) is 0.346. The Labute approximate surface area is 260 Å². The SMILES string of the molecule is [N-]=[N+]=Nc1ccccc1[C@H]1OC(c2ccc(OCCCO)cc2)=N[C@@]1(CCS(=O)(=O)c1ccccc1)C(=O)Nc1ccccc1. The number of azide groups is 1. The van der Waals surface area contributed by atoms with Gasteiger partial charge in [-0.3, -0.25) is 4.79 Å². The molecular formula is C33H31N5O6S. The number of hydrogen-bond acceptors (Lipinski definition) is 8. The van der Waals surface area contributed by atoms with Crippen LogP contribution in [0.3, 0.4) is 0 Å². The van der Waals surface area contributed by atoms with Gasteiger partial charge in [0.05, 0.1) is 17.3 Å². The molecular weight excluding hydrogens is 594 g/mol. The van der Waals surface area contributed by atoms with E-state index in [9.17, 15) is 18.7 Å². The van der Waals surface area contributed by atoms with E-state index in [1.807, 2.05) is 6.07 Å². The van der Waals surface area contributed by atoms with Gasteiger partial charge in [-0.05, 0) is 54.1 Å². The zero-order chi connectivity index (χ0) is 31.7. The third-order valence-corrected chi connectivity index (χ3v) is 9.02. The number of rotatable bonds is 13. The molecule has 0 saturated carbocycles. The molecule has 0 saturated heterocycles. The Balaban J connectivity index is 1.62. The number of nitrogens with zero attached hydrogens (tertiary/aromatic N) is 4. The quantitative estimate of drug-likeness (QED) is 0.0783. The minimum atomic E-state index is -3.84. The molecule has 11 nitrogen and oxygen atoms in total. The minimum absolute atomic E-state index is 0.00849. The average Bonchev–Trinajstić information content (AvgIpc) is 3.46. The molecule has 0 aromatic heterocycles. The number of amides is 1. The first-order chi connectivity index (χ1) is 21.9. The highest BCUT2D eigenvalue weighted by Crippen LogP contribution is 2.46. The zero-order valence-corrected chi connectivity index (χ0v) is 25.0. The van der Waals surface area contributed by atoms with Gasteiger partial charge in [0.25, 0.3) is 5.91 Å². The van der Waals surface area contributed by atoms with Crippen molar-refractivity contribution in [2.75, 3.05) is 24.3 Å². The fourth-order valence-electron chi connectivity index (χ4n) is 4.99. The molecule has 1 amide bonds. The first kappa shape index (κ1) is 31.3. The number of ether oxygens (including phenoxy) is 2. The summed E-state index contributed by atoms with van der Waals surface area (Å²) in [7, 11) is -3.84. The third-order valence-electron chi connectivity index (χ3n) is 7.29. The molecule has 0 fully saturated rings. The van der Waals surface area contributed by atoms with E-state index in [0.717, 1.165) is 0 Å². The van der Waals surface area contributed by atoms with Crippen molar-refractivity contribution in [3.63, 3.8) is 0 Å². The number of carbonyl (C=O) groups is 1. The van der Waals surface area contributed by atoms with E-state index in [1.54, 1.807) is 91.0 Å². The van der Waals surface area contributed by atoms with Crippen molar-refractivity contribution >= 4 is 33.0 Å². The van der Waals surface area contributed by atoms with E-state index in [1.165, 1.54) is 12.1 Å². The molecule has 0 spiro atoms. The number of aliphatic hydroxyl groups is 1. The van der Waals surface area contributed by atoms with Crippen molar-refractivity contribution in [3.8, 4) is 5.75 Å². The number of para-hydroxylation sites is 1. The number of aliphatic hydroxyl groups excluding tert-OH is 1. The van der Waals surface area contributed by atoms with Crippen molar-refractivity contribution in [2.24, 2.45) is 10.1 Å². The van der Waals surface area contributed by atoms with Gasteiger partial charge in [-0.1, -0.05) is 65.8 Å². The van der Waals surface area contributed by atoms with Crippen LogP contribution in [0.2, 0.25) is 0 Å². The summed E-state index contributed by atoms with van der Waals surface area (Å²) < 4.78 is 39.1. The molecule has 1 heterocycles. The Bertz CT molecular complexity index is 1810. The second kappa shape index (κ2) is 14.1. The summed E-state index contributed by atoms with van der Waals surface area (Å²) in [5, 5.41) is 15.8. The van der Waals surface area contributed by atoms with Crippen LogP contribution in [-0.4, -0.2) is 49.8 Å². The summed E-state index contributed by atoms with van der Waals surface area (Å²) in [6, 6.07) is 30.3. The maximum absolute atomic E-state index is 14.4. The molecule has 1 aliphatic heterocycles. The van der Waals surface area contributed by atoms with Crippen LogP contribution in [0, 0.1) is 0 Å². The number of nitrogens with one attached hydrogen (secondary N) is 1. The van der Waals surface area contributed by atoms with Gasteiger partial charge in [0.2, 0.25) is 5.90 Å². The number of hydrogen-bond donors (Lipinski definition) is 2. The highest BCUT2D eigenvalue weighted by molar-refractivity contribution is 7.91. The van der Waals surface area contributed by atoms with E-state index >= 15 is 0 Å². The predicted octanol–water partition coefficient (Wildman–Crippen LogP) is 6.15. The minimum Gasteiger partial charge on any atom is -0.494 e. The van der Waals surface area contributed by atoms with E-state index in [4.69, 9.17) is 19.6 Å². The van der Waals surface area contributed by atoms with Crippen LogP contribution < -0.4 is 10.1 Å². The number of carbonyl (C=O) groups excluding carboxylic acids is 1. The van der Waals surface area contributed by atoms with Gasteiger partial charge < -0.3 is 19.9 Å². The molecule has 12 heteroatoms. The summed E-state index contributed by atoms with van der Waals surface area (Å²) in [5.41, 5.74) is 9.11. The molecule has 230 valence electrons. The summed E-state index contributed by atoms with van der Waals surface area (Å²) in [5.74, 6) is -0.329. The topological polar surface area (TPSA) is 163 Å².